The van der Waals surface area contributed by atoms with E-state index in [0.717, 1.165) is 0 Å². The summed E-state index contributed by atoms with van der Waals surface area (Å²) in [5.41, 5.74) is -0.121. The SMILES string of the molecule is CCOC(=O)c1cnc(SC)nc1[O-].[CH2-]C.[Na+]. The molecule has 7 heteroatoms. The first-order valence-electron chi connectivity index (χ1n) is 4.65. The maximum absolute atomic E-state index is 11.2. The molecule has 0 unspecified atom stereocenters. The predicted octanol–water partition coefficient (Wildman–Crippen LogP) is -1.71. The number of carbonyl (C=O) groups excluding carboxylic acids is 1. The smallest absolute Gasteiger partial charge is 0.858 e. The van der Waals surface area contributed by atoms with Gasteiger partial charge in [-0.05, 0) is 13.2 Å². The van der Waals surface area contributed by atoms with E-state index in [1.54, 1.807) is 20.1 Å². The van der Waals surface area contributed by atoms with Gasteiger partial charge in [0.15, 0.2) is 5.16 Å². The summed E-state index contributed by atoms with van der Waals surface area (Å²) in [6.07, 6.45) is 2.94. The van der Waals surface area contributed by atoms with Crippen molar-refractivity contribution in [2.75, 3.05) is 12.9 Å². The van der Waals surface area contributed by atoms with E-state index < -0.39 is 11.8 Å². The third kappa shape index (κ3) is 6.26. The van der Waals surface area contributed by atoms with Gasteiger partial charge in [-0.15, -0.1) is 0 Å². The number of hydrogen-bond donors (Lipinski definition) is 0. The molecule has 0 bridgehead atoms. The van der Waals surface area contributed by atoms with Gasteiger partial charge >= 0.3 is 35.5 Å². The van der Waals surface area contributed by atoms with Crippen LogP contribution < -0.4 is 34.7 Å². The summed E-state index contributed by atoms with van der Waals surface area (Å²) in [4.78, 5) is 18.6. The molecule has 0 N–H and O–H groups in total. The second-order valence-corrected chi connectivity index (χ2v) is 3.07. The number of ether oxygens (including phenoxy) is 1. The monoisotopic (exact) mass is 265 g/mol. The molecule has 0 spiro atoms. The van der Waals surface area contributed by atoms with Crippen LogP contribution in [0.2, 0.25) is 0 Å². The molecule has 0 saturated carbocycles. The molecular formula is C10H14N2NaO3S-. The second kappa shape index (κ2) is 10.8. The summed E-state index contributed by atoms with van der Waals surface area (Å²) in [5, 5.41) is 11.6. The summed E-state index contributed by atoms with van der Waals surface area (Å²) >= 11 is 1.24. The number of rotatable bonds is 3. The molecule has 0 aromatic carbocycles. The van der Waals surface area contributed by atoms with Crippen LogP contribution in [0.15, 0.2) is 11.4 Å². The number of hydrogen-bond acceptors (Lipinski definition) is 6. The van der Waals surface area contributed by atoms with Crippen LogP contribution in [-0.4, -0.2) is 28.8 Å². The molecule has 1 aromatic heterocycles. The van der Waals surface area contributed by atoms with Gasteiger partial charge in [0.1, 0.15) is 0 Å². The molecule has 17 heavy (non-hydrogen) atoms. The van der Waals surface area contributed by atoms with Gasteiger partial charge < -0.3 is 16.8 Å². The fourth-order valence-corrected chi connectivity index (χ4v) is 1.13. The molecule has 1 heterocycles. The molecule has 90 valence electrons. The Morgan fingerprint density at radius 2 is 2.18 bits per heavy atom. The normalized spacial score (nSPS) is 8.47. The van der Waals surface area contributed by atoms with Crippen LogP contribution in [0, 0.1) is 6.92 Å². The summed E-state index contributed by atoms with van der Waals surface area (Å²) in [6, 6.07) is 0. The predicted molar refractivity (Wildman–Crippen MR) is 60.2 cm³/mol. The van der Waals surface area contributed by atoms with Crippen LogP contribution in [0.25, 0.3) is 0 Å². The first-order chi connectivity index (χ1) is 7.69. The average Bonchev–Trinajstić information content (AvgIpc) is 2.31. The third-order valence-electron chi connectivity index (χ3n) is 1.41. The maximum atomic E-state index is 11.2. The van der Waals surface area contributed by atoms with Crippen molar-refractivity contribution in [3.63, 3.8) is 0 Å². The van der Waals surface area contributed by atoms with Gasteiger partial charge in [-0.25, -0.2) is 14.8 Å². The van der Waals surface area contributed by atoms with Gasteiger partial charge in [0.2, 0.25) is 0 Å². The van der Waals surface area contributed by atoms with E-state index in [2.05, 4.69) is 21.6 Å². The van der Waals surface area contributed by atoms with Crippen molar-refractivity contribution in [1.82, 2.24) is 9.97 Å². The van der Waals surface area contributed by atoms with Gasteiger partial charge in [-0.1, -0.05) is 11.8 Å². The van der Waals surface area contributed by atoms with Gasteiger partial charge in [-0.3, -0.25) is 0 Å². The van der Waals surface area contributed by atoms with E-state index in [0.29, 0.717) is 5.16 Å². The quantitative estimate of drug-likeness (QED) is 0.213. The zero-order valence-corrected chi connectivity index (χ0v) is 13.3. The average molecular weight is 265 g/mol. The van der Waals surface area contributed by atoms with Crippen LogP contribution >= 0.6 is 11.8 Å². The molecule has 0 saturated heterocycles. The Kier molecular flexibility index (Phi) is 12.1. The van der Waals surface area contributed by atoms with Gasteiger partial charge in [0, 0.05) is 12.1 Å². The molecule has 0 aliphatic heterocycles. The number of aromatic nitrogens is 2. The van der Waals surface area contributed by atoms with Crippen molar-refractivity contribution in [3.05, 3.63) is 18.7 Å². The van der Waals surface area contributed by atoms with Crippen molar-refractivity contribution in [3.8, 4) is 5.88 Å². The molecule has 1 rings (SSSR count). The Hall–Kier alpha value is -0.300. The Balaban J connectivity index is 0. The van der Waals surface area contributed by atoms with E-state index in [4.69, 9.17) is 0 Å². The molecule has 0 radical (unpaired) electrons. The molecule has 5 nitrogen and oxygen atoms in total. The minimum absolute atomic E-state index is 0. The Bertz CT molecular complexity index is 350. The maximum Gasteiger partial charge on any atom is 1.00 e. The molecule has 0 fully saturated rings. The number of nitrogens with zero attached hydrogens (tertiary/aromatic N) is 2. The van der Waals surface area contributed by atoms with Crippen LogP contribution in [0.1, 0.15) is 24.2 Å². The second-order valence-electron chi connectivity index (χ2n) is 2.30. The molecule has 0 amide bonds. The molecule has 0 atom stereocenters. The number of thioether (sulfide) groups is 1. The summed E-state index contributed by atoms with van der Waals surface area (Å²) in [5.74, 6) is -1.27. The fraction of sp³-hybridized carbons (Fsp3) is 0.400. The van der Waals surface area contributed by atoms with Crippen molar-refractivity contribution < 1.29 is 44.2 Å². The third-order valence-corrected chi connectivity index (χ3v) is 1.97. The van der Waals surface area contributed by atoms with Gasteiger partial charge in [0.25, 0.3) is 0 Å². The van der Waals surface area contributed by atoms with Gasteiger partial charge in [0.05, 0.1) is 12.2 Å². The number of carbonyl (C=O) groups is 1. The van der Waals surface area contributed by atoms with Crippen LogP contribution in [0.4, 0.5) is 0 Å². The first-order valence-corrected chi connectivity index (χ1v) is 5.87. The summed E-state index contributed by atoms with van der Waals surface area (Å²) in [6.45, 7) is 6.89. The Labute approximate surface area is 128 Å². The zero-order valence-electron chi connectivity index (χ0n) is 10.5. The molecule has 1 aromatic rings. The van der Waals surface area contributed by atoms with E-state index >= 15 is 0 Å². The van der Waals surface area contributed by atoms with E-state index in [1.165, 1.54) is 18.0 Å². The van der Waals surface area contributed by atoms with E-state index in [-0.39, 0.29) is 41.7 Å². The molecular weight excluding hydrogens is 251 g/mol. The van der Waals surface area contributed by atoms with Crippen LogP contribution in [0.5, 0.6) is 5.88 Å². The van der Waals surface area contributed by atoms with Crippen molar-refractivity contribution in [1.29, 1.82) is 0 Å². The van der Waals surface area contributed by atoms with Crippen molar-refractivity contribution in [2.45, 2.75) is 19.0 Å². The summed E-state index contributed by atoms with van der Waals surface area (Å²) in [7, 11) is 0. The Morgan fingerprint density at radius 1 is 1.59 bits per heavy atom. The first kappa shape index (κ1) is 19.0. The zero-order chi connectivity index (χ0) is 12.6. The van der Waals surface area contributed by atoms with Crippen LogP contribution in [-0.2, 0) is 4.74 Å². The standard InChI is InChI=1S/C8H10N2O3S.C2H5.Na/c1-3-13-7(12)5-4-9-8(14-2)10-6(5)11;1-2;/h4H,3H2,1-2H3,(H,9,10,11);1H2,2H3;/q;-1;+1/p-1. The fourth-order valence-electron chi connectivity index (χ4n) is 0.798. The molecule has 0 aliphatic carbocycles. The van der Waals surface area contributed by atoms with E-state index in [9.17, 15) is 9.90 Å². The van der Waals surface area contributed by atoms with Crippen molar-refractivity contribution in [2.24, 2.45) is 0 Å². The summed E-state index contributed by atoms with van der Waals surface area (Å²) < 4.78 is 4.66. The van der Waals surface area contributed by atoms with Crippen molar-refractivity contribution >= 4 is 17.7 Å². The topological polar surface area (TPSA) is 75.1 Å². The van der Waals surface area contributed by atoms with Gasteiger partial charge in [-0.2, -0.15) is 6.92 Å². The molecule has 0 aliphatic rings. The largest absolute Gasteiger partial charge is 1.00 e. The minimum atomic E-state index is -0.676. The number of esters is 1. The minimum Gasteiger partial charge on any atom is -0.858 e. The Morgan fingerprint density at radius 3 is 2.59 bits per heavy atom. The van der Waals surface area contributed by atoms with Crippen LogP contribution in [0.3, 0.4) is 0 Å². The van der Waals surface area contributed by atoms with E-state index in [1.807, 2.05) is 0 Å².